The number of rotatable bonds is 2. The van der Waals surface area contributed by atoms with Crippen molar-refractivity contribution in [3.8, 4) is 0 Å². The van der Waals surface area contributed by atoms with Crippen LogP contribution in [0.4, 0.5) is 5.82 Å². The lowest BCUT2D eigenvalue weighted by Crippen LogP contribution is -2.14. The number of aryl methyl sites for hydroxylation is 1. The van der Waals surface area contributed by atoms with Crippen molar-refractivity contribution >= 4 is 5.82 Å². The normalized spacial score (nSPS) is 12.1. The van der Waals surface area contributed by atoms with Gasteiger partial charge in [-0.1, -0.05) is 33.8 Å². The Morgan fingerprint density at radius 2 is 1.94 bits per heavy atom. The van der Waals surface area contributed by atoms with Gasteiger partial charge in [-0.25, -0.2) is 4.98 Å². The molecule has 2 heterocycles. The Morgan fingerprint density at radius 3 is 2.59 bits per heavy atom. The summed E-state index contributed by atoms with van der Waals surface area (Å²) in [5, 5.41) is 3.31. The summed E-state index contributed by atoms with van der Waals surface area (Å²) in [6, 6.07) is 4.25. The third kappa shape index (κ3) is 5.18. The summed E-state index contributed by atoms with van der Waals surface area (Å²) in [5.41, 5.74) is 7.91. The largest absolute Gasteiger partial charge is 0.370 e. The van der Waals surface area contributed by atoms with Crippen molar-refractivity contribution in [1.82, 2.24) is 4.98 Å². The highest BCUT2D eigenvalue weighted by Gasteiger charge is 2.09. The zero-order valence-electron chi connectivity index (χ0n) is 11.7. The average molecular weight is 237 g/mol. The van der Waals surface area contributed by atoms with E-state index < -0.39 is 0 Å². The molecule has 3 N–H and O–H groups in total. The fourth-order valence-corrected chi connectivity index (χ4v) is 1.66. The number of anilines is 1. The molecule has 0 atom stereocenters. The molecule has 98 valence electrons. The molecule has 0 aromatic carbocycles. The van der Waals surface area contributed by atoms with Gasteiger partial charge in [-0.3, -0.25) is 0 Å². The minimum atomic E-state index is 0.672. The molecule has 0 spiro atoms. The Balaban J connectivity index is 0.000000581. The number of nitrogens with zero attached hydrogens (tertiary/aromatic N) is 1. The molecule has 1 aliphatic rings. The standard InChI is InChI=1S/C10H15N3.2C2H6/c11-6-5-9-4-3-8-2-1-7-12-10(8)13-9;2*1-2/h3-4H,1-2,5-7,11H2,(H,12,13);2*1-2H3. The highest BCUT2D eigenvalue weighted by molar-refractivity contribution is 5.46. The van der Waals surface area contributed by atoms with Gasteiger partial charge in [-0.15, -0.1) is 0 Å². The third-order valence-corrected chi connectivity index (χ3v) is 2.35. The van der Waals surface area contributed by atoms with Gasteiger partial charge in [0.2, 0.25) is 0 Å². The summed E-state index contributed by atoms with van der Waals surface area (Å²) in [4.78, 5) is 4.51. The van der Waals surface area contributed by atoms with E-state index in [9.17, 15) is 0 Å². The predicted octanol–water partition coefficient (Wildman–Crippen LogP) is 2.99. The fourth-order valence-electron chi connectivity index (χ4n) is 1.66. The second-order valence-corrected chi connectivity index (χ2v) is 3.38. The summed E-state index contributed by atoms with van der Waals surface area (Å²) in [6.07, 6.45) is 3.23. The molecule has 3 nitrogen and oxygen atoms in total. The van der Waals surface area contributed by atoms with Gasteiger partial charge in [0.05, 0.1) is 0 Å². The maximum Gasteiger partial charge on any atom is 0.129 e. The van der Waals surface area contributed by atoms with Crippen LogP contribution in [0.1, 0.15) is 45.4 Å². The molecule has 0 aliphatic carbocycles. The molecule has 0 amide bonds. The van der Waals surface area contributed by atoms with Crippen molar-refractivity contribution in [3.05, 3.63) is 23.4 Å². The lowest BCUT2D eigenvalue weighted by molar-refractivity contribution is 0.807. The first kappa shape index (κ1) is 15.9. The van der Waals surface area contributed by atoms with Crippen LogP contribution in [0.2, 0.25) is 0 Å². The Bertz CT molecular complexity index is 298. The van der Waals surface area contributed by atoms with E-state index in [1.807, 2.05) is 27.7 Å². The van der Waals surface area contributed by atoms with Crippen LogP contribution in [0.3, 0.4) is 0 Å². The van der Waals surface area contributed by atoms with Crippen LogP contribution in [-0.4, -0.2) is 18.1 Å². The zero-order chi connectivity index (χ0) is 13.1. The molecule has 0 radical (unpaired) electrons. The number of hydrogen-bond donors (Lipinski definition) is 2. The van der Waals surface area contributed by atoms with E-state index in [-0.39, 0.29) is 0 Å². The smallest absolute Gasteiger partial charge is 0.129 e. The maximum atomic E-state index is 5.48. The quantitative estimate of drug-likeness (QED) is 0.831. The molecule has 1 aliphatic heterocycles. The van der Waals surface area contributed by atoms with E-state index >= 15 is 0 Å². The molecular formula is C14H27N3. The first-order chi connectivity index (χ1) is 8.40. The molecule has 0 saturated carbocycles. The van der Waals surface area contributed by atoms with Gasteiger partial charge in [0.15, 0.2) is 0 Å². The van der Waals surface area contributed by atoms with Crippen LogP contribution in [-0.2, 0) is 12.8 Å². The first-order valence-corrected chi connectivity index (χ1v) is 6.83. The van der Waals surface area contributed by atoms with Gasteiger partial charge in [-0.2, -0.15) is 0 Å². The highest BCUT2D eigenvalue weighted by atomic mass is 15.0. The van der Waals surface area contributed by atoms with Crippen LogP contribution in [0.25, 0.3) is 0 Å². The monoisotopic (exact) mass is 237 g/mol. The van der Waals surface area contributed by atoms with E-state index in [1.54, 1.807) is 0 Å². The minimum Gasteiger partial charge on any atom is -0.370 e. The lowest BCUT2D eigenvalue weighted by Gasteiger charge is -2.17. The van der Waals surface area contributed by atoms with E-state index in [0.717, 1.165) is 30.9 Å². The van der Waals surface area contributed by atoms with Crippen molar-refractivity contribution in [2.24, 2.45) is 5.73 Å². The summed E-state index contributed by atoms with van der Waals surface area (Å²) in [5.74, 6) is 1.07. The molecular weight excluding hydrogens is 210 g/mol. The first-order valence-electron chi connectivity index (χ1n) is 6.83. The second kappa shape index (κ2) is 10.1. The number of fused-ring (bicyclic) bond motifs is 1. The fraction of sp³-hybridized carbons (Fsp3) is 0.643. The predicted molar refractivity (Wildman–Crippen MR) is 76.5 cm³/mol. The third-order valence-electron chi connectivity index (χ3n) is 2.35. The van der Waals surface area contributed by atoms with Gasteiger partial charge in [0.1, 0.15) is 5.82 Å². The Morgan fingerprint density at radius 1 is 1.24 bits per heavy atom. The van der Waals surface area contributed by atoms with Crippen LogP contribution in [0.15, 0.2) is 12.1 Å². The SMILES string of the molecule is CC.CC.NCCc1ccc2c(n1)NCCC2. The van der Waals surface area contributed by atoms with Crippen LogP contribution >= 0.6 is 0 Å². The van der Waals surface area contributed by atoms with Gasteiger partial charge >= 0.3 is 0 Å². The topological polar surface area (TPSA) is 50.9 Å². The summed E-state index contributed by atoms with van der Waals surface area (Å²) in [6.45, 7) is 9.72. The van der Waals surface area contributed by atoms with Crippen molar-refractivity contribution in [3.63, 3.8) is 0 Å². The Kier molecular flexibility index (Phi) is 9.44. The van der Waals surface area contributed by atoms with E-state index in [4.69, 9.17) is 5.73 Å². The molecule has 3 heteroatoms. The summed E-state index contributed by atoms with van der Waals surface area (Å²) < 4.78 is 0. The molecule has 2 rings (SSSR count). The highest BCUT2D eigenvalue weighted by Crippen LogP contribution is 2.19. The van der Waals surface area contributed by atoms with Crippen molar-refractivity contribution in [2.75, 3.05) is 18.4 Å². The Hall–Kier alpha value is -1.09. The van der Waals surface area contributed by atoms with E-state index in [1.165, 1.54) is 12.0 Å². The van der Waals surface area contributed by atoms with Crippen LogP contribution < -0.4 is 11.1 Å². The minimum absolute atomic E-state index is 0.672. The van der Waals surface area contributed by atoms with E-state index in [2.05, 4.69) is 22.4 Å². The van der Waals surface area contributed by atoms with E-state index in [0.29, 0.717) is 6.54 Å². The molecule has 1 aromatic heterocycles. The van der Waals surface area contributed by atoms with Gasteiger partial charge < -0.3 is 11.1 Å². The molecule has 17 heavy (non-hydrogen) atoms. The Labute approximate surface area is 106 Å². The molecule has 0 saturated heterocycles. The molecule has 1 aromatic rings. The molecule has 0 unspecified atom stereocenters. The number of pyridine rings is 1. The summed E-state index contributed by atoms with van der Waals surface area (Å²) >= 11 is 0. The van der Waals surface area contributed by atoms with Crippen LogP contribution in [0, 0.1) is 0 Å². The lowest BCUT2D eigenvalue weighted by atomic mass is 10.1. The van der Waals surface area contributed by atoms with Gasteiger partial charge in [-0.05, 0) is 31.0 Å². The van der Waals surface area contributed by atoms with Crippen molar-refractivity contribution in [1.29, 1.82) is 0 Å². The number of aromatic nitrogens is 1. The van der Waals surface area contributed by atoms with Crippen molar-refractivity contribution in [2.45, 2.75) is 47.0 Å². The molecule has 0 bridgehead atoms. The zero-order valence-corrected chi connectivity index (χ0v) is 11.7. The maximum absolute atomic E-state index is 5.48. The number of hydrogen-bond acceptors (Lipinski definition) is 3. The number of nitrogens with one attached hydrogen (secondary N) is 1. The van der Waals surface area contributed by atoms with Gasteiger partial charge in [0, 0.05) is 18.7 Å². The van der Waals surface area contributed by atoms with Crippen molar-refractivity contribution < 1.29 is 0 Å². The van der Waals surface area contributed by atoms with Gasteiger partial charge in [0.25, 0.3) is 0 Å². The second-order valence-electron chi connectivity index (χ2n) is 3.38. The number of nitrogens with two attached hydrogens (primary N) is 1. The molecule has 0 fully saturated rings. The average Bonchev–Trinajstić information content (AvgIpc) is 2.43. The summed E-state index contributed by atoms with van der Waals surface area (Å²) in [7, 11) is 0. The van der Waals surface area contributed by atoms with Crippen LogP contribution in [0.5, 0.6) is 0 Å².